The Kier molecular flexibility index (Phi) is 3.88. The normalized spacial score (nSPS) is 22.4. The van der Waals surface area contributed by atoms with E-state index in [1.807, 2.05) is 0 Å². The molecule has 1 aliphatic rings. The fourth-order valence-corrected chi connectivity index (χ4v) is 2.89. The zero-order valence-electron chi connectivity index (χ0n) is 11.4. The maximum absolute atomic E-state index is 13.7. The van der Waals surface area contributed by atoms with Gasteiger partial charge in [-0.15, -0.1) is 0 Å². The molecule has 4 nitrogen and oxygen atoms in total. The minimum absolute atomic E-state index is 0.0460. The highest BCUT2D eigenvalue weighted by molar-refractivity contribution is 5.21. The monoisotopic (exact) mass is 294 g/mol. The second-order valence-corrected chi connectivity index (χ2v) is 5.39. The van der Waals surface area contributed by atoms with E-state index >= 15 is 0 Å². The molecule has 6 heteroatoms. The van der Waals surface area contributed by atoms with Crippen LogP contribution in [0.2, 0.25) is 0 Å². The van der Waals surface area contributed by atoms with Crippen molar-refractivity contribution in [2.45, 2.75) is 31.2 Å². The number of nitrogens with one attached hydrogen (secondary N) is 2. The van der Waals surface area contributed by atoms with E-state index in [2.05, 4.69) is 10.5 Å². The van der Waals surface area contributed by atoms with E-state index in [1.54, 1.807) is 0 Å². The molecule has 0 amide bonds. The second-order valence-electron chi connectivity index (χ2n) is 5.39. The van der Waals surface area contributed by atoms with E-state index in [0.717, 1.165) is 13.0 Å². The van der Waals surface area contributed by atoms with Crippen molar-refractivity contribution < 1.29 is 13.3 Å². The third kappa shape index (κ3) is 3.05. The molecule has 0 saturated carbocycles. The Bertz CT molecular complexity index is 660. The molecule has 1 fully saturated rings. The number of rotatable bonds is 3. The van der Waals surface area contributed by atoms with Crippen LogP contribution < -0.4 is 10.9 Å². The van der Waals surface area contributed by atoms with Crippen LogP contribution in [0.25, 0.3) is 0 Å². The largest absolute Gasteiger partial charge is 0.383 e. The van der Waals surface area contributed by atoms with E-state index in [1.165, 1.54) is 24.3 Å². The molecule has 0 radical (unpaired) electrons. The van der Waals surface area contributed by atoms with E-state index in [0.29, 0.717) is 12.2 Å². The van der Waals surface area contributed by atoms with Crippen molar-refractivity contribution in [2.75, 3.05) is 6.54 Å². The molecule has 0 spiro atoms. The summed E-state index contributed by atoms with van der Waals surface area (Å²) >= 11 is 0. The molecule has 0 unspecified atom stereocenters. The molecule has 3 rings (SSSR count). The molecular weight excluding hydrogens is 278 g/mol. The number of hydrogen-bond donors (Lipinski definition) is 2. The molecule has 0 bridgehead atoms. The lowest BCUT2D eigenvalue weighted by molar-refractivity contribution is 0.290. The Morgan fingerprint density at radius 1 is 1.29 bits per heavy atom. The highest BCUT2D eigenvalue weighted by Crippen LogP contribution is 2.28. The highest BCUT2D eigenvalue weighted by atomic mass is 19.1. The molecule has 21 heavy (non-hydrogen) atoms. The molecule has 2 N–H and O–H groups in total. The van der Waals surface area contributed by atoms with Gasteiger partial charge in [-0.1, -0.05) is 6.07 Å². The van der Waals surface area contributed by atoms with Crippen molar-refractivity contribution in [1.29, 1.82) is 0 Å². The van der Waals surface area contributed by atoms with Gasteiger partial charge < -0.3 is 9.84 Å². The number of piperidine rings is 1. The Hall–Kier alpha value is -1.95. The third-order valence-corrected chi connectivity index (χ3v) is 3.95. The summed E-state index contributed by atoms with van der Waals surface area (Å²) in [4.78, 5) is 11.1. The smallest absolute Gasteiger partial charge is 0.280 e. The van der Waals surface area contributed by atoms with Crippen molar-refractivity contribution in [3.63, 3.8) is 0 Å². The Morgan fingerprint density at radius 2 is 2.05 bits per heavy atom. The van der Waals surface area contributed by atoms with E-state index in [-0.39, 0.29) is 29.5 Å². The van der Waals surface area contributed by atoms with Crippen LogP contribution >= 0.6 is 0 Å². The van der Waals surface area contributed by atoms with Gasteiger partial charge in [0.25, 0.3) is 5.56 Å². The molecule has 0 aliphatic carbocycles. The molecule has 2 atom stereocenters. The zero-order chi connectivity index (χ0) is 14.8. The van der Waals surface area contributed by atoms with Crippen molar-refractivity contribution in [3.05, 3.63) is 57.6 Å². The van der Waals surface area contributed by atoms with Crippen LogP contribution in [0.4, 0.5) is 8.78 Å². The molecule has 1 saturated heterocycles. The van der Waals surface area contributed by atoms with E-state index < -0.39 is 11.6 Å². The first-order chi connectivity index (χ1) is 10.1. The number of benzene rings is 1. The predicted octanol–water partition coefficient (Wildman–Crippen LogP) is 2.32. The summed E-state index contributed by atoms with van der Waals surface area (Å²) in [5.74, 6) is -0.343. The van der Waals surface area contributed by atoms with Crippen molar-refractivity contribution in [2.24, 2.45) is 0 Å². The van der Waals surface area contributed by atoms with Gasteiger partial charge in [-0.25, -0.2) is 8.78 Å². The van der Waals surface area contributed by atoms with Crippen LogP contribution in [0.1, 0.15) is 30.1 Å². The summed E-state index contributed by atoms with van der Waals surface area (Å²) in [5, 5.41) is 5.54. The summed E-state index contributed by atoms with van der Waals surface area (Å²) in [5.41, 5.74) is -0.161. The van der Waals surface area contributed by atoms with E-state index in [9.17, 15) is 13.6 Å². The Labute approximate surface area is 120 Å². The van der Waals surface area contributed by atoms with Gasteiger partial charge in [0.2, 0.25) is 0 Å². The first-order valence-corrected chi connectivity index (χ1v) is 6.98. The maximum Gasteiger partial charge on any atom is 0.280 e. The number of halogens is 2. The van der Waals surface area contributed by atoms with Crippen molar-refractivity contribution in [1.82, 2.24) is 10.5 Å². The van der Waals surface area contributed by atoms with Gasteiger partial charge in [-0.05, 0) is 37.9 Å². The average molecular weight is 294 g/mol. The number of aromatic amines is 1. The summed E-state index contributed by atoms with van der Waals surface area (Å²) in [6.07, 6.45) is 1.79. The van der Waals surface area contributed by atoms with Gasteiger partial charge in [0, 0.05) is 23.6 Å². The summed E-state index contributed by atoms with van der Waals surface area (Å²) in [6, 6.07) is 5.29. The quantitative estimate of drug-likeness (QED) is 0.913. The molecule has 112 valence electrons. The Balaban J connectivity index is 1.73. The van der Waals surface area contributed by atoms with Crippen LogP contribution in [0.3, 0.4) is 0 Å². The summed E-state index contributed by atoms with van der Waals surface area (Å²) in [7, 11) is 0. The van der Waals surface area contributed by atoms with Crippen LogP contribution in [-0.4, -0.2) is 17.7 Å². The molecule has 1 aliphatic heterocycles. The van der Waals surface area contributed by atoms with E-state index in [4.69, 9.17) is 4.52 Å². The van der Waals surface area contributed by atoms with Gasteiger partial charge in [-0.3, -0.25) is 4.79 Å². The number of H-pyrrole nitrogens is 1. The lowest BCUT2D eigenvalue weighted by atomic mass is 9.87. The second kappa shape index (κ2) is 5.81. The van der Waals surface area contributed by atoms with Crippen LogP contribution in [0.15, 0.2) is 33.6 Å². The first kappa shape index (κ1) is 14.0. The predicted molar refractivity (Wildman–Crippen MR) is 73.2 cm³/mol. The summed E-state index contributed by atoms with van der Waals surface area (Å²) in [6.45, 7) is 0.723. The van der Waals surface area contributed by atoms with Crippen LogP contribution in [0.5, 0.6) is 0 Å². The molecule has 1 aromatic carbocycles. The molecule has 2 heterocycles. The maximum atomic E-state index is 13.7. The van der Waals surface area contributed by atoms with Gasteiger partial charge >= 0.3 is 0 Å². The average Bonchev–Trinajstić information content (AvgIpc) is 2.90. The van der Waals surface area contributed by atoms with Gasteiger partial charge in [-0.2, -0.15) is 5.16 Å². The highest BCUT2D eigenvalue weighted by Gasteiger charge is 2.27. The lowest BCUT2D eigenvalue weighted by Crippen LogP contribution is -2.39. The van der Waals surface area contributed by atoms with Crippen LogP contribution in [0, 0.1) is 11.6 Å². The fourth-order valence-electron chi connectivity index (χ4n) is 2.89. The minimum atomic E-state index is -0.521. The molecule has 1 aromatic heterocycles. The van der Waals surface area contributed by atoms with Gasteiger partial charge in [0.1, 0.15) is 17.4 Å². The van der Waals surface area contributed by atoms with Crippen molar-refractivity contribution in [3.8, 4) is 0 Å². The first-order valence-electron chi connectivity index (χ1n) is 6.98. The van der Waals surface area contributed by atoms with Gasteiger partial charge in [0.15, 0.2) is 0 Å². The topological polar surface area (TPSA) is 58.0 Å². The third-order valence-electron chi connectivity index (χ3n) is 3.95. The van der Waals surface area contributed by atoms with Crippen LogP contribution in [-0.2, 0) is 6.42 Å². The molecular formula is C15H16F2N2O2. The SMILES string of the molecule is O=c1cc([C@H]2CCN[C@@H](Cc3c(F)cccc3F)C2)o[nH]1. The summed E-state index contributed by atoms with van der Waals surface area (Å²) < 4.78 is 32.5. The number of hydrogen-bond acceptors (Lipinski definition) is 3. The Morgan fingerprint density at radius 3 is 2.71 bits per heavy atom. The molecule has 2 aromatic rings. The standard InChI is InChI=1S/C15H16F2N2O2/c16-12-2-1-3-13(17)11(12)7-10-6-9(4-5-18-10)14-8-15(20)19-21-14/h1-3,8-10,18H,4-7H2,(H,19,20)/t9-,10+/m0/s1. The number of aromatic nitrogens is 1. The fraction of sp³-hybridized carbons (Fsp3) is 0.400. The van der Waals surface area contributed by atoms with Crippen molar-refractivity contribution >= 4 is 0 Å². The van der Waals surface area contributed by atoms with Gasteiger partial charge in [0.05, 0.1) is 0 Å². The minimum Gasteiger partial charge on any atom is -0.383 e. The lowest BCUT2D eigenvalue weighted by Gasteiger charge is -2.29. The zero-order valence-corrected chi connectivity index (χ0v) is 11.4.